The first-order valence-corrected chi connectivity index (χ1v) is 7.73. The van der Waals surface area contributed by atoms with E-state index in [9.17, 15) is 0 Å². The van der Waals surface area contributed by atoms with Gasteiger partial charge < -0.3 is 20.4 Å². The summed E-state index contributed by atoms with van der Waals surface area (Å²) < 4.78 is 0. The number of anilines is 3. The molecule has 0 aliphatic carbocycles. The van der Waals surface area contributed by atoms with E-state index in [4.69, 9.17) is 5.73 Å². The molecule has 1 aliphatic heterocycles. The van der Waals surface area contributed by atoms with E-state index in [1.807, 2.05) is 7.05 Å². The van der Waals surface area contributed by atoms with E-state index >= 15 is 0 Å². The van der Waals surface area contributed by atoms with Gasteiger partial charge in [0.25, 0.3) is 0 Å². The molecule has 1 saturated heterocycles. The predicted molar refractivity (Wildman–Crippen MR) is 86.7 cm³/mol. The van der Waals surface area contributed by atoms with Gasteiger partial charge in [-0.1, -0.05) is 0 Å². The zero-order valence-corrected chi connectivity index (χ0v) is 13.6. The van der Waals surface area contributed by atoms with Gasteiger partial charge in [0, 0.05) is 32.7 Å². The maximum atomic E-state index is 5.85. The van der Waals surface area contributed by atoms with Gasteiger partial charge in [-0.2, -0.15) is 15.0 Å². The molecule has 0 aromatic carbocycles. The molecule has 2 heterocycles. The van der Waals surface area contributed by atoms with E-state index in [1.54, 1.807) is 0 Å². The summed E-state index contributed by atoms with van der Waals surface area (Å²) >= 11 is 0. The molecule has 1 aliphatic rings. The molecule has 0 saturated carbocycles. The molecule has 1 aromatic heterocycles. The van der Waals surface area contributed by atoms with Gasteiger partial charge in [0.15, 0.2) is 0 Å². The monoisotopic (exact) mass is 293 g/mol. The molecule has 1 fully saturated rings. The molecule has 2 N–H and O–H groups in total. The maximum absolute atomic E-state index is 5.85. The third-order valence-electron chi connectivity index (χ3n) is 4.17. The fourth-order valence-corrected chi connectivity index (χ4v) is 2.80. The summed E-state index contributed by atoms with van der Waals surface area (Å²) in [5.41, 5.74) is 5.85. The highest BCUT2D eigenvalue weighted by molar-refractivity contribution is 5.43. The lowest BCUT2D eigenvalue weighted by atomic mass is 10.2. The Bertz CT molecular complexity index is 461. The van der Waals surface area contributed by atoms with Crippen LogP contribution in [-0.2, 0) is 0 Å². The van der Waals surface area contributed by atoms with Crippen molar-refractivity contribution in [2.24, 2.45) is 0 Å². The number of hydrogen-bond acceptors (Lipinski definition) is 7. The van der Waals surface area contributed by atoms with Crippen LogP contribution in [0.2, 0.25) is 0 Å². The van der Waals surface area contributed by atoms with Gasteiger partial charge in [0.05, 0.1) is 0 Å². The minimum Gasteiger partial charge on any atom is -0.368 e. The number of nitrogens with two attached hydrogens (primary N) is 1. The van der Waals surface area contributed by atoms with E-state index in [2.05, 4.69) is 50.5 Å². The largest absolute Gasteiger partial charge is 0.368 e. The molecule has 0 amide bonds. The van der Waals surface area contributed by atoms with Gasteiger partial charge in [0.2, 0.25) is 17.8 Å². The van der Waals surface area contributed by atoms with Crippen LogP contribution in [0.15, 0.2) is 0 Å². The predicted octanol–water partition coefficient (Wildman–Crippen LogP) is 0.830. The molecule has 7 heteroatoms. The SMILES string of the molecule is CCN(CC)c1nc(N)nc(N(C)CC2CCCN2C)n1. The van der Waals surface area contributed by atoms with Crippen LogP contribution in [-0.4, -0.2) is 66.2 Å². The fourth-order valence-electron chi connectivity index (χ4n) is 2.80. The Hall–Kier alpha value is -1.63. The fraction of sp³-hybridized carbons (Fsp3) is 0.786. The number of likely N-dealkylation sites (tertiary alicyclic amines) is 1. The van der Waals surface area contributed by atoms with Crippen LogP contribution in [0.3, 0.4) is 0 Å². The smallest absolute Gasteiger partial charge is 0.231 e. The van der Waals surface area contributed by atoms with E-state index in [1.165, 1.54) is 19.4 Å². The summed E-state index contributed by atoms with van der Waals surface area (Å²) in [5, 5.41) is 0. The van der Waals surface area contributed by atoms with Crippen molar-refractivity contribution in [3.63, 3.8) is 0 Å². The maximum Gasteiger partial charge on any atom is 0.231 e. The first-order chi connectivity index (χ1) is 10.0. The van der Waals surface area contributed by atoms with Gasteiger partial charge in [0.1, 0.15) is 0 Å². The Morgan fingerprint density at radius 1 is 1.19 bits per heavy atom. The van der Waals surface area contributed by atoms with Crippen molar-refractivity contribution < 1.29 is 0 Å². The van der Waals surface area contributed by atoms with E-state index < -0.39 is 0 Å². The van der Waals surface area contributed by atoms with Crippen LogP contribution in [0.4, 0.5) is 17.8 Å². The van der Waals surface area contributed by atoms with Crippen molar-refractivity contribution >= 4 is 17.8 Å². The molecule has 1 unspecified atom stereocenters. The molecule has 1 atom stereocenters. The molecule has 118 valence electrons. The molecule has 2 rings (SSSR count). The number of hydrogen-bond donors (Lipinski definition) is 1. The van der Waals surface area contributed by atoms with E-state index in [0.29, 0.717) is 17.9 Å². The second-order valence-electron chi connectivity index (χ2n) is 5.62. The second-order valence-corrected chi connectivity index (χ2v) is 5.62. The van der Waals surface area contributed by atoms with Crippen LogP contribution in [0.5, 0.6) is 0 Å². The standard InChI is InChI=1S/C14H27N7/c1-5-21(6-2)14-17-12(15)16-13(18-14)20(4)10-11-8-7-9-19(11)3/h11H,5-10H2,1-4H3,(H2,15,16,17,18). The summed E-state index contributed by atoms with van der Waals surface area (Å²) in [5.74, 6) is 1.60. The summed E-state index contributed by atoms with van der Waals surface area (Å²) in [6, 6.07) is 0.560. The normalized spacial score (nSPS) is 19.0. The molecule has 0 radical (unpaired) electrons. The first-order valence-electron chi connectivity index (χ1n) is 7.73. The number of nitrogens with zero attached hydrogens (tertiary/aromatic N) is 6. The third kappa shape index (κ3) is 3.72. The minimum absolute atomic E-state index is 0.286. The van der Waals surface area contributed by atoms with Crippen molar-refractivity contribution in [3.8, 4) is 0 Å². The van der Waals surface area contributed by atoms with Crippen LogP contribution in [0, 0.1) is 0 Å². The molecule has 0 spiro atoms. The summed E-state index contributed by atoms with van der Waals surface area (Å²) in [6.45, 7) is 7.96. The number of likely N-dealkylation sites (N-methyl/N-ethyl adjacent to an activating group) is 2. The molecule has 21 heavy (non-hydrogen) atoms. The second kappa shape index (κ2) is 6.89. The Balaban J connectivity index is 2.14. The highest BCUT2D eigenvalue weighted by atomic mass is 15.4. The Morgan fingerprint density at radius 3 is 2.43 bits per heavy atom. The van der Waals surface area contributed by atoms with E-state index in [0.717, 1.165) is 19.6 Å². The van der Waals surface area contributed by atoms with Gasteiger partial charge in [-0.05, 0) is 40.3 Å². The topological polar surface area (TPSA) is 74.4 Å². The van der Waals surface area contributed by atoms with Crippen LogP contribution >= 0.6 is 0 Å². The van der Waals surface area contributed by atoms with Crippen LogP contribution < -0.4 is 15.5 Å². The van der Waals surface area contributed by atoms with Gasteiger partial charge >= 0.3 is 0 Å². The zero-order chi connectivity index (χ0) is 15.4. The Labute approximate surface area is 127 Å². The average Bonchev–Trinajstić information content (AvgIpc) is 2.85. The third-order valence-corrected chi connectivity index (χ3v) is 4.17. The molecule has 1 aromatic rings. The number of nitrogen functional groups attached to an aromatic ring is 1. The lowest BCUT2D eigenvalue weighted by Gasteiger charge is -2.27. The van der Waals surface area contributed by atoms with Gasteiger partial charge in [-0.3, -0.25) is 0 Å². The van der Waals surface area contributed by atoms with Crippen molar-refractivity contribution in [1.29, 1.82) is 0 Å². The zero-order valence-electron chi connectivity index (χ0n) is 13.6. The van der Waals surface area contributed by atoms with Gasteiger partial charge in [-0.15, -0.1) is 0 Å². The minimum atomic E-state index is 0.286. The molecular formula is C14H27N7. The number of rotatable bonds is 6. The van der Waals surface area contributed by atoms with Crippen LogP contribution in [0.1, 0.15) is 26.7 Å². The lowest BCUT2D eigenvalue weighted by molar-refractivity contribution is 0.313. The number of aromatic nitrogens is 3. The summed E-state index contributed by atoms with van der Waals surface area (Å²) in [7, 11) is 4.20. The Kier molecular flexibility index (Phi) is 5.17. The van der Waals surface area contributed by atoms with Crippen molar-refractivity contribution in [3.05, 3.63) is 0 Å². The van der Waals surface area contributed by atoms with Crippen LogP contribution in [0.25, 0.3) is 0 Å². The lowest BCUT2D eigenvalue weighted by Crippen LogP contribution is -2.37. The average molecular weight is 293 g/mol. The molecule has 7 nitrogen and oxygen atoms in total. The molecule has 0 bridgehead atoms. The van der Waals surface area contributed by atoms with Gasteiger partial charge in [-0.25, -0.2) is 0 Å². The first kappa shape index (κ1) is 15.8. The Morgan fingerprint density at radius 2 is 1.86 bits per heavy atom. The highest BCUT2D eigenvalue weighted by Gasteiger charge is 2.23. The summed E-state index contributed by atoms with van der Waals surface area (Å²) in [6.07, 6.45) is 2.49. The van der Waals surface area contributed by atoms with E-state index in [-0.39, 0.29) is 5.95 Å². The molecular weight excluding hydrogens is 266 g/mol. The van der Waals surface area contributed by atoms with Crippen molar-refractivity contribution in [2.45, 2.75) is 32.7 Å². The summed E-state index contributed by atoms with van der Waals surface area (Å²) in [4.78, 5) is 19.7. The van der Waals surface area contributed by atoms with Crippen molar-refractivity contribution in [2.75, 3.05) is 55.8 Å². The highest BCUT2D eigenvalue weighted by Crippen LogP contribution is 2.19. The quantitative estimate of drug-likeness (QED) is 0.832. The van der Waals surface area contributed by atoms with Crippen molar-refractivity contribution in [1.82, 2.24) is 19.9 Å².